The van der Waals surface area contributed by atoms with E-state index < -0.39 is 0 Å². The standard InChI is InChI=1S/C23H22N4O/c1-27-11-8-17-12-15(3-5-22(17)27)2-4-18-13-16(6-9-24-18)21-14-19-20(26-21)7-10-25-23(19)28/h2-6,9,12-14,26H,7-8,10-11H2,1H3,(H,25,28). The minimum atomic E-state index is 0.000167. The number of aromatic amines is 1. The first-order valence-electron chi connectivity index (χ1n) is 9.66. The molecule has 3 aromatic rings. The summed E-state index contributed by atoms with van der Waals surface area (Å²) in [4.78, 5) is 22.2. The van der Waals surface area contributed by atoms with Crippen LogP contribution in [-0.2, 0) is 12.8 Å². The molecular weight excluding hydrogens is 348 g/mol. The predicted octanol–water partition coefficient (Wildman–Crippen LogP) is 3.53. The summed E-state index contributed by atoms with van der Waals surface area (Å²) in [7, 11) is 2.14. The third-order valence-corrected chi connectivity index (χ3v) is 5.57. The van der Waals surface area contributed by atoms with Crippen molar-refractivity contribution in [3.05, 3.63) is 70.7 Å². The summed E-state index contributed by atoms with van der Waals surface area (Å²) in [5.41, 5.74) is 8.57. The lowest BCUT2D eigenvalue weighted by Gasteiger charge is -2.11. The molecule has 4 heterocycles. The van der Waals surface area contributed by atoms with E-state index in [2.05, 4.69) is 51.5 Å². The Balaban J connectivity index is 1.41. The van der Waals surface area contributed by atoms with Crippen LogP contribution in [-0.4, -0.2) is 36.0 Å². The Labute approximate surface area is 164 Å². The van der Waals surface area contributed by atoms with Gasteiger partial charge >= 0.3 is 0 Å². The van der Waals surface area contributed by atoms with Gasteiger partial charge in [0.1, 0.15) is 0 Å². The van der Waals surface area contributed by atoms with Crippen LogP contribution < -0.4 is 10.2 Å². The van der Waals surface area contributed by atoms with E-state index in [-0.39, 0.29) is 5.91 Å². The predicted molar refractivity (Wildman–Crippen MR) is 112 cm³/mol. The number of carbonyl (C=O) groups excluding carboxylic acids is 1. The lowest BCUT2D eigenvalue weighted by molar-refractivity contribution is 0.0946. The second kappa shape index (κ2) is 6.68. The van der Waals surface area contributed by atoms with Gasteiger partial charge in [-0.2, -0.15) is 0 Å². The monoisotopic (exact) mass is 370 g/mol. The molecule has 2 aromatic heterocycles. The maximum absolute atomic E-state index is 12.0. The van der Waals surface area contributed by atoms with E-state index in [1.54, 1.807) is 0 Å². The topological polar surface area (TPSA) is 61.0 Å². The molecule has 2 N–H and O–H groups in total. The molecule has 0 bridgehead atoms. The van der Waals surface area contributed by atoms with Gasteiger partial charge in [-0.05, 0) is 54.0 Å². The van der Waals surface area contributed by atoms with E-state index in [0.29, 0.717) is 6.54 Å². The van der Waals surface area contributed by atoms with Crippen molar-refractivity contribution in [3.8, 4) is 11.3 Å². The van der Waals surface area contributed by atoms with Crippen molar-refractivity contribution in [3.63, 3.8) is 0 Å². The van der Waals surface area contributed by atoms with Crippen molar-refractivity contribution in [2.24, 2.45) is 0 Å². The number of amides is 1. The van der Waals surface area contributed by atoms with Crippen LogP contribution in [0.4, 0.5) is 5.69 Å². The first-order valence-corrected chi connectivity index (χ1v) is 9.66. The number of rotatable bonds is 3. The number of hydrogen-bond acceptors (Lipinski definition) is 3. The summed E-state index contributed by atoms with van der Waals surface area (Å²) in [6.07, 6.45) is 7.91. The van der Waals surface area contributed by atoms with Crippen LogP contribution in [0, 0.1) is 0 Å². The van der Waals surface area contributed by atoms with E-state index >= 15 is 0 Å². The Kier molecular flexibility index (Phi) is 4.01. The van der Waals surface area contributed by atoms with Gasteiger partial charge in [0.25, 0.3) is 5.91 Å². The number of likely N-dealkylation sites (N-methyl/N-ethyl adjacent to an activating group) is 1. The van der Waals surface area contributed by atoms with Gasteiger partial charge in [0.15, 0.2) is 0 Å². The Morgan fingerprint density at radius 1 is 1.11 bits per heavy atom. The maximum atomic E-state index is 12.0. The van der Waals surface area contributed by atoms with E-state index in [4.69, 9.17) is 0 Å². The first-order chi connectivity index (χ1) is 13.7. The van der Waals surface area contributed by atoms with Gasteiger partial charge in [-0.1, -0.05) is 12.1 Å². The number of pyridine rings is 1. The molecule has 28 heavy (non-hydrogen) atoms. The van der Waals surface area contributed by atoms with E-state index in [0.717, 1.165) is 47.6 Å². The molecule has 0 radical (unpaired) electrons. The Morgan fingerprint density at radius 2 is 2.04 bits per heavy atom. The number of nitrogens with one attached hydrogen (secondary N) is 2. The van der Waals surface area contributed by atoms with Gasteiger partial charge in [0.2, 0.25) is 0 Å². The van der Waals surface area contributed by atoms with Crippen molar-refractivity contribution < 1.29 is 4.79 Å². The summed E-state index contributed by atoms with van der Waals surface area (Å²) in [6.45, 7) is 1.77. The van der Waals surface area contributed by atoms with E-state index in [9.17, 15) is 4.79 Å². The third-order valence-electron chi connectivity index (χ3n) is 5.57. The fraction of sp³-hybridized carbons (Fsp3) is 0.217. The minimum absolute atomic E-state index is 0.000167. The maximum Gasteiger partial charge on any atom is 0.253 e. The molecule has 0 aliphatic carbocycles. The average molecular weight is 370 g/mol. The van der Waals surface area contributed by atoms with Crippen LogP contribution in [0.25, 0.3) is 23.4 Å². The average Bonchev–Trinajstić information content (AvgIpc) is 3.31. The largest absolute Gasteiger partial charge is 0.374 e. The second-order valence-electron chi connectivity index (χ2n) is 7.44. The van der Waals surface area contributed by atoms with Crippen molar-refractivity contribution in [1.82, 2.24) is 15.3 Å². The highest BCUT2D eigenvalue weighted by Crippen LogP contribution is 2.28. The molecule has 140 valence electrons. The number of carbonyl (C=O) groups is 1. The molecule has 2 aliphatic heterocycles. The van der Waals surface area contributed by atoms with Crippen LogP contribution in [0.5, 0.6) is 0 Å². The van der Waals surface area contributed by atoms with Crippen molar-refractivity contribution >= 4 is 23.7 Å². The number of aromatic nitrogens is 2. The normalized spacial score (nSPS) is 15.6. The summed E-state index contributed by atoms with van der Waals surface area (Å²) < 4.78 is 0. The van der Waals surface area contributed by atoms with Gasteiger partial charge in [0.05, 0.1) is 11.3 Å². The molecule has 0 atom stereocenters. The summed E-state index contributed by atoms with van der Waals surface area (Å²) in [5, 5.41) is 2.89. The van der Waals surface area contributed by atoms with E-state index in [1.807, 2.05) is 30.5 Å². The molecule has 1 aromatic carbocycles. The fourth-order valence-corrected chi connectivity index (χ4v) is 4.03. The Bertz CT molecular complexity index is 1100. The molecule has 0 unspecified atom stereocenters. The van der Waals surface area contributed by atoms with Crippen LogP contribution in [0.3, 0.4) is 0 Å². The van der Waals surface area contributed by atoms with Gasteiger partial charge < -0.3 is 15.2 Å². The highest BCUT2D eigenvalue weighted by atomic mass is 16.1. The quantitative estimate of drug-likeness (QED) is 0.742. The van der Waals surface area contributed by atoms with Crippen LogP contribution in [0.2, 0.25) is 0 Å². The zero-order valence-corrected chi connectivity index (χ0v) is 15.8. The lowest BCUT2D eigenvalue weighted by atomic mass is 10.1. The van der Waals surface area contributed by atoms with Crippen LogP contribution in [0.15, 0.2) is 42.6 Å². The molecule has 0 fully saturated rings. The molecule has 5 heteroatoms. The third kappa shape index (κ3) is 2.99. The Hall–Kier alpha value is -3.34. The summed E-state index contributed by atoms with van der Waals surface area (Å²) >= 11 is 0. The van der Waals surface area contributed by atoms with Crippen LogP contribution in [0.1, 0.15) is 32.9 Å². The van der Waals surface area contributed by atoms with Gasteiger partial charge in [0, 0.05) is 55.4 Å². The molecule has 5 rings (SSSR count). The summed E-state index contributed by atoms with van der Waals surface area (Å²) in [5.74, 6) is 0.000167. The molecular formula is C23H22N4O. The number of H-pyrrole nitrogens is 1. The van der Waals surface area contributed by atoms with Crippen molar-refractivity contribution in [1.29, 1.82) is 0 Å². The molecule has 1 amide bonds. The molecule has 0 spiro atoms. The number of hydrogen-bond donors (Lipinski definition) is 2. The number of fused-ring (bicyclic) bond motifs is 2. The SMILES string of the molecule is CN1CCc2cc(C=Cc3cc(-c4cc5c([nH]4)CCNC5=O)ccn3)ccc21. The number of anilines is 1. The van der Waals surface area contributed by atoms with Gasteiger partial charge in [-0.25, -0.2) is 0 Å². The van der Waals surface area contributed by atoms with Crippen molar-refractivity contribution in [2.75, 3.05) is 25.0 Å². The zero-order chi connectivity index (χ0) is 19.1. The highest BCUT2D eigenvalue weighted by Gasteiger charge is 2.20. The first kappa shape index (κ1) is 16.8. The molecule has 5 nitrogen and oxygen atoms in total. The van der Waals surface area contributed by atoms with Gasteiger partial charge in [-0.3, -0.25) is 9.78 Å². The number of benzene rings is 1. The highest BCUT2D eigenvalue weighted by molar-refractivity contribution is 5.97. The minimum Gasteiger partial charge on any atom is -0.374 e. The zero-order valence-electron chi connectivity index (χ0n) is 15.8. The second-order valence-corrected chi connectivity index (χ2v) is 7.44. The molecule has 2 aliphatic rings. The van der Waals surface area contributed by atoms with Crippen molar-refractivity contribution in [2.45, 2.75) is 12.8 Å². The molecule has 0 saturated carbocycles. The lowest BCUT2D eigenvalue weighted by Crippen LogP contribution is -2.31. The van der Waals surface area contributed by atoms with Gasteiger partial charge in [-0.15, -0.1) is 0 Å². The van der Waals surface area contributed by atoms with Crippen LogP contribution >= 0.6 is 0 Å². The smallest absolute Gasteiger partial charge is 0.253 e. The summed E-state index contributed by atoms with van der Waals surface area (Å²) in [6, 6.07) is 12.6. The fourth-order valence-electron chi connectivity index (χ4n) is 4.03. The van der Waals surface area contributed by atoms with E-state index in [1.165, 1.54) is 16.8 Å². The Morgan fingerprint density at radius 3 is 2.93 bits per heavy atom. The number of nitrogens with zero attached hydrogens (tertiary/aromatic N) is 2. The molecule has 0 saturated heterocycles.